The molecule has 4 heteroatoms. The van der Waals surface area contributed by atoms with E-state index >= 15 is 0 Å². The standard InChI is InChI=1S/C18H30O4/c1-5-8-10-11-13-16(22-17(19)7-3)15(4)18(20)21-14-12-9-6-2/h7H,3,5-6,8-14H2,1-2,4H3/b16-15-. The van der Waals surface area contributed by atoms with E-state index in [1.54, 1.807) is 6.92 Å². The summed E-state index contributed by atoms with van der Waals surface area (Å²) in [6, 6.07) is 0. The molecule has 0 saturated carbocycles. The van der Waals surface area contributed by atoms with E-state index in [2.05, 4.69) is 20.4 Å². The van der Waals surface area contributed by atoms with Gasteiger partial charge in [-0.2, -0.15) is 0 Å². The molecule has 126 valence electrons. The molecule has 0 unspecified atom stereocenters. The van der Waals surface area contributed by atoms with Crippen LogP contribution < -0.4 is 0 Å². The van der Waals surface area contributed by atoms with E-state index in [9.17, 15) is 9.59 Å². The number of esters is 2. The van der Waals surface area contributed by atoms with Crippen LogP contribution in [0.3, 0.4) is 0 Å². The summed E-state index contributed by atoms with van der Waals surface area (Å²) in [6.07, 6.45) is 8.82. The lowest BCUT2D eigenvalue weighted by molar-refractivity contribution is -0.139. The van der Waals surface area contributed by atoms with E-state index in [4.69, 9.17) is 9.47 Å². The predicted octanol–water partition coefficient (Wildman–Crippen LogP) is 4.69. The highest BCUT2D eigenvalue weighted by atomic mass is 16.5. The summed E-state index contributed by atoms with van der Waals surface area (Å²) in [6.45, 7) is 9.66. The molecule has 0 heterocycles. The highest BCUT2D eigenvalue weighted by Crippen LogP contribution is 2.17. The minimum atomic E-state index is -0.538. The van der Waals surface area contributed by atoms with Crippen molar-refractivity contribution in [2.24, 2.45) is 0 Å². The van der Waals surface area contributed by atoms with E-state index in [1.807, 2.05) is 0 Å². The number of rotatable bonds is 12. The Bertz CT molecular complexity index is 383. The van der Waals surface area contributed by atoms with Crippen molar-refractivity contribution in [2.45, 2.75) is 72.1 Å². The summed E-state index contributed by atoms with van der Waals surface area (Å²) in [7, 11) is 0. The minimum Gasteiger partial charge on any atom is -0.462 e. The number of ether oxygens (including phenoxy) is 2. The summed E-state index contributed by atoms with van der Waals surface area (Å²) >= 11 is 0. The van der Waals surface area contributed by atoms with Gasteiger partial charge in [-0.3, -0.25) is 0 Å². The second-order valence-electron chi connectivity index (χ2n) is 5.33. The second kappa shape index (κ2) is 13.1. The fourth-order valence-electron chi connectivity index (χ4n) is 1.93. The molecule has 0 radical (unpaired) electrons. The number of allylic oxidation sites excluding steroid dienone is 1. The van der Waals surface area contributed by atoms with Crippen molar-refractivity contribution in [3.05, 3.63) is 24.0 Å². The third-order valence-electron chi connectivity index (χ3n) is 3.35. The van der Waals surface area contributed by atoms with Crippen LogP contribution >= 0.6 is 0 Å². The molecular formula is C18H30O4. The topological polar surface area (TPSA) is 52.6 Å². The van der Waals surface area contributed by atoms with Gasteiger partial charge < -0.3 is 9.47 Å². The maximum atomic E-state index is 12.0. The van der Waals surface area contributed by atoms with Crippen LogP contribution in [0.2, 0.25) is 0 Å². The maximum Gasteiger partial charge on any atom is 0.337 e. The SMILES string of the molecule is C=CC(=O)O/C(CCCCCC)=C(/C)C(=O)OCCCCC. The Morgan fingerprint density at radius 3 is 2.23 bits per heavy atom. The van der Waals surface area contributed by atoms with E-state index in [0.717, 1.165) is 51.0 Å². The highest BCUT2D eigenvalue weighted by Gasteiger charge is 2.15. The van der Waals surface area contributed by atoms with Crippen molar-refractivity contribution in [1.82, 2.24) is 0 Å². The Morgan fingerprint density at radius 2 is 1.64 bits per heavy atom. The zero-order valence-corrected chi connectivity index (χ0v) is 14.3. The Labute approximate surface area is 134 Å². The molecule has 4 nitrogen and oxygen atoms in total. The van der Waals surface area contributed by atoms with E-state index in [1.165, 1.54) is 0 Å². The number of unbranched alkanes of at least 4 members (excludes halogenated alkanes) is 5. The van der Waals surface area contributed by atoms with Crippen molar-refractivity contribution in [2.75, 3.05) is 6.61 Å². The molecule has 0 aromatic rings. The van der Waals surface area contributed by atoms with Gasteiger partial charge in [-0.05, 0) is 19.8 Å². The number of hydrogen-bond acceptors (Lipinski definition) is 4. The van der Waals surface area contributed by atoms with Gasteiger partial charge in [-0.1, -0.05) is 52.5 Å². The normalized spacial score (nSPS) is 11.6. The van der Waals surface area contributed by atoms with Crippen molar-refractivity contribution < 1.29 is 19.1 Å². The van der Waals surface area contributed by atoms with Crippen LogP contribution in [-0.4, -0.2) is 18.5 Å². The van der Waals surface area contributed by atoms with Gasteiger partial charge in [0.15, 0.2) is 0 Å². The first-order valence-electron chi connectivity index (χ1n) is 8.27. The van der Waals surface area contributed by atoms with Gasteiger partial charge in [0.2, 0.25) is 0 Å². The lowest BCUT2D eigenvalue weighted by atomic mass is 10.1. The summed E-state index contributed by atoms with van der Waals surface area (Å²) < 4.78 is 10.4. The van der Waals surface area contributed by atoms with Crippen molar-refractivity contribution in [3.63, 3.8) is 0 Å². The minimum absolute atomic E-state index is 0.378. The lowest BCUT2D eigenvalue weighted by Gasteiger charge is -2.12. The van der Waals surface area contributed by atoms with Crippen LogP contribution in [0.5, 0.6) is 0 Å². The van der Waals surface area contributed by atoms with Crippen molar-refractivity contribution >= 4 is 11.9 Å². The zero-order chi connectivity index (χ0) is 16.8. The first-order valence-corrected chi connectivity index (χ1v) is 8.27. The molecule has 0 spiro atoms. The molecule has 0 atom stereocenters. The molecule has 0 saturated heterocycles. The Hall–Kier alpha value is -1.58. The largest absolute Gasteiger partial charge is 0.462 e. The third kappa shape index (κ3) is 9.37. The van der Waals surface area contributed by atoms with E-state index < -0.39 is 11.9 Å². The van der Waals surface area contributed by atoms with Crippen LogP contribution in [0, 0.1) is 0 Å². The zero-order valence-electron chi connectivity index (χ0n) is 14.3. The Balaban J connectivity index is 4.64. The van der Waals surface area contributed by atoms with Crippen LogP contribution in [0.1, 0.15) is 72.1 Å². The maximum absolute atomic E-state index is 12.0. The van der Waals surface area contributed by atoms with Gasteiger partial charge in [-0.15, -0.1) is 0 Å². The number of carbonyl (C=O) groups is 2. The molecule has 0 rings (SSSR count). The van der Waals surface area contributed by atoms with Crippen molar-refractivity contribution in [3.8, 4) is 0 Å². The molecule has 0 N–H and O–H groups in total. The average Bonchev–Trinajstić information content (AvgIpc) is 2.53. The van der Waals surface area contributed by atoms with Gasteiger partial charge in [0.1, 0.15) is 5.76 Å². The third-order valence-corrected chi connectivity index (χ3v) is 3.35. The molecule has 0 fully saturated rings. The predicted molar refractivity (Wildman–Crippen MR) is 88.2 cm³/mol. The first-order chi connectivity index (χ1) is 10.6. The van der Waals surface area contributed by atoms with E-state index in [-0.39, 0.29) is 0 Å². The average molecular weight is 310 g/mol. The fourth-order valence-corrected chi connectivity index (χ4v) is 1.93. The smallest absolute Gasteiger partial charge is 0.337 e. The highest BCUT2D eigenvalue weighted by molar-refractivity contribution is 5.89. The van der Waals surface area contributed by atoms with Crippen LogP contribution in [-0.2, 0) is 19.1 Å². The molecule has 0 aliphatic heterocycles. The molecule has 0 aliphatic carbocycles. The van der Waals surface area contributed by atoms with Gasteiger partial charge in [0, 0.05) is 12.5 Å². The molecule has 0 aromatic carbocycles. The number of hydrogen-bond donors (Lipinski definition) is 0. The van der Waals surface area contributed by atoms with Crippen LogP contribution in [0.4, 0.5) is 0 Å². The Kier molecular flexibility index (Phi) is 12.2. The van der Waals surface area contributed by atoms with Crippen LogP contribution in [0.15, 0.2) is 24.0 Å². The molecule has 0 amide bonds. The number of carbonyl (C=O) groups excluding carboxylic acids is 2. The van der Waals surface area contributed by atoms with Crippen LogP contribution in [0.25, 0.3) is 0 Å². The Morgan fingerprint density at radius 1 is 1.00 bits per heavy atom. The summed E-state index contributed by atoms with van der Waals surface area (Å²) in [5.41, 5.74) is 0.378. The quantitative estimate of drug-likeness (QED) is 0.227. The molecular weight excluding hydrogens is 280 g/mol. The lowest BCUT2D eigenvalue weighted by Crippen LogP contribution is -2.12. The van der Waals surface area contributed by atoms with Gasteiger partial charge in [0.25, 0.3) is 0 Å². The summed E-state index contributed by atoms with van der Waals surface area (Å²) in [5.74, 6) is -0.538. The van der Waals surface area contributed by atoms with Gasteiger partial charge in [-0.25, -0.2) is 9.59 Å². The monoisotopic (exact) mass is 310 g/mol. The molecule has 22 heavy (non-hydrogen) atoms. The van der Waals surface area contributed by atoms with Gasteiger partial charge in [0.05, 0.1) is 12.2 Å². The van der Waals surface area contributed by atoms with Gasteiger partial charge >= 0.3 is 11.9 Å². The van der Waals surface area contributed by atoms with E-state index in [0.29, 0.717) is 24.4 Å². The fraction of sp³-hybridized carbons (Fsp3) is 0.667. The summed E-state index contributed by atoms with van der Waals surface area (Å²) in [5, 5.41) is 0. The molecule has 0 bridgehead atoms. The second-order valence-corrected chi connectivity index (χ2v) is 5.33. The molecule has 0 aromatic heterocycles. The van der Waals surface area contributed by atoms with Crippen molar-refractivity contribution in [1.29, 1.82) is 0 Å². The summed E-state index contributed by atoms with van der Waals surface area (Å²) in [4.78, 5) is 23.4. The first kappa shape index (κ1) is 20.4. The molecule has 0 aliphatic rings.